The summed E-state index contributed by atoms with van der Waals surface area (Å²) < 4.78 is 4.66. The summed E-state index contributed by atoms with van der Waals surface area (Å²) >= 11 is 0. The largest absolute Gasteiger partial charge is 0.465 e. The van der Waals surface area contributed by atoms with Crippen molar-refractivity contribution in [3.8, 4) is 0 Å². The van der Waals surface area contributed by atoms with E-state index < -0.39 is 5.97 Å². The van der Waals surface area contributed by atoms with Crippen molar-refractivity contribution in [1.29, 1.82) is 0 Å². The van der Waals surface area contributed by atoms with Crippen molar-refractivity contribution in [1.82, 2.24) is 0 Å². The molecular formula is C22H19N3O3. The molecule has 0 fully saturated rings. The predicted octanol–water partition coefficient (Wildman–Crippen LogP) is 4.26. The van der Waals surface area contributed by atoms with E-state index in [9.17, 15) is 9.59 Å². The van der Waals surface area contributed by atoms with E-state index in [1.54, 1.807) is 24.3 Å². The lowest BCUT2D eigenvalue weighted by molar-refractivity contribution is 0.0600. The van der Waals surface area contributed by atoms with Gasteiger partial charge in [-0.05, 0) is 48.0 Å². The molecule has 140 valence electrons. The van der Waals surface area contributed by atoms with Crippen LogP contribution in [0.1, 0.15) is 32.4 Å². The average Bonchev–Trinajstić information content (AvgIpc) is 3.17. The third-order valence-corrected chi connectivity index (χ3v) is 4.58. The van der Waals surface area contributed by atoms with Crippen LogP contribution in [0.15, 0.2) is 72.8 Å². The standard InChI is InChI=1S/C22H19N3O3/c1-28-22(27)16-9-7-15(8-10-16)21(26)23-17-11-12-18-19(13-17)25-20(24-18)14-5-3-2-4-6-14/h2-13,20,24-25H,1H3,(H,23,26). The predicted molar refractivity (Wildman–Crippen MR) is 109 cm³/mol. The lowest BCUT2D eigenvalue weighted by Crippen LogP contribution is -2.12. The molecule has 6 heteroatoms. The van der Waals surface area contributed by atoms with E-state index in [2.05, 4.69) is 32.8 Å². The van der Waals surface area contributed by atoms with Gasteiger partial charge < -0.3 is 20.7 Å². The zero-order chi connectivity index (χ0) is 19.5. The van der Waals surface area contributed by atoms with Gasteiger partial charge in [-0.2, -0.15) is 0 Å². The fourth-order valence-corrected chi connectivity index (χ4v) is 3.11. The molecule has 1 atom stereocenters. The fraction of sp³-hybridized carbons (Fsp3) is 0.0909. The van der Waals surface area contributed by atoms with Crippen LogP contribution >= 0.6 is 0 Å². The van der Waals surface area contributed by atoms with E-state index in [0.29, 0.717) is 16.8 Å². The highest BCUT2D eigenvalue weighted by Crippen LogP contribution is 2.37. The molecule has 0 bridgehead atoms. The molecule has 0 aliphatic carbocycles. The van der Waals surface area contributed by atoms with Gasteiger partial charge in [-0.15, -0.1) is 0 Å². The zero-order valence-electron chi connectivity index (χ0n) is 15.2. The second kappa shape index (κ2) is 7.44. The first kappa shape index (κ1) is 17.6. The van der Waals surface area contributed by atoms with Crippen molar-refractivity contribution < 1.29 is 14.3 Å². The summed E-state index contributed by atoms with van der Waals surface area (Å²) in [5, 5.41) is 9.72. The van der Waals surface area contributed by atoms with Crippen LogP contribution in [0.2, 0.25) is 0 Å². The molecule has 3 N–H and O–H groups in total. The maximum atomic E-state index is 12.5. The Balaban J connectivity index is 1.46. The number of hydrogen-bond acceptors (Lipinski definition) is 5. The molecule has 0 spiro atoms. The van der Waals surface area contributed by atoms with Crippen LogP contribution in [0.25, 0.3) is 0 Å². The van der Waals surface area contributed by atoms with Crippen molar-refractivity contribution in [2.45, 2.75) is 6.17 Å². The third kappa shape index (κ3) is 3.53. The van der Waals surface area contributed by atoms with Crippen LogP contribution in [0.4, 0.5) is 17.1 Å². The minimum Gasteiger partial charge on any atom is -0.465 e. The first-order valence-electron chi connectivity index (χ1n) is 8.86. The van der Waals surface area contributed by atoms with E-state index in [4.69, 9.17) is 0 Å². The van der Waals surface area contributed by atoms with E-state index >= 15 is 0 Å². The number of carbonyl (C=O) groups is 2. The fourth-order valence-electron chi connectivity index (χ4n) is 3.11. The molecule has 4 rings (SSSR count). The van der Waals surface area contributed by atoms with Gasteiger partial charge in [-0.25, -0.2) is 4.79 Å². The van der Waals surface area contributed by atoms with E-state index in [0.717, 1.165) is 16.9 Å². The number of fused-ring (bicyclic) bond motifs is 1. The summed E-state index contributed by atoms with van der Waals surface area (Å²) in [5.74, 6) is -0.681. The number of carbonyl (C=O) groups excluding carboxylic acids is 2. The van der Waals surface area contributed by atoms with Gasteiger partial charge in [0.05, 0.1) is 24.0 Å². The second-order valence-electron chi connectivity index (χ2n) is 6.42. The molecule has 3 aromatic carbocycles. The van der Waals surface area contributed by atoms with E-state index in [1.165, 1.54) is 7.11 Å². The molecule has 6 nitrogen and oxygen atoms in total. The molecule has 0 saturated carbocycles. The Bertz CT molecular complexity index is 1020. The Morgan fingerprint density at radius 3 is 2.25 bits per heavy atom. The number of nitrogens with one attached hydrogen (secondary N) is 3. The lowest BCUT2D eigenvalue weighted by atomic mass is 10.1. The summed E-state index contributed by atoms with van der Waals surface area (Å²) in [7, 11) is 1.32. The highest BCUT2D eigenvalue weighted by atomic mass is 16.5. The number of hydrogen-bond donors (Lipinski definition) is 3. The molecule has 0 radical (unpaired) electrons. The molecular weight excluding hydrogens is 354 g/mol. The van der Waals surface area contributed by atoms with E-state index in [1.807, 2.05) is 36.4 Å². The normalized spacial score (nSPS) is 14.4. The van der Waals surface area contributed by atoms with Crippen LogP contribution in [-0.4, -0.2) is 19.0 Å². The summed E-state index contributed by atoms with van der Waals surface area (Å²) in [6.07, 6.45) is -0.00647. The Hall–Kier alpha value is -3.80. The first-order valence-corrected chi connectivity index (χ1v) is 8.86. The van der Waals surface area contributed by atoms with Gasteiger partial charge in [0.15, 0.2) is 0 Å². The van der Waals surface area contributed by atoms with Gasteiger partial charge in [0.2, 0.25) is 0 Å². The van der Waals surface area contributed by atoms with Gasteiger partial charge in [-0.1, -0.05) is 30.3 Å². The van der Waals surface area contributed by atoms with E-state index in [-0.39, 0.29) is 12.1 Å². The number of methoxy groups -OCH3 is 1. The van der Waals surface area contributed by atoms with Crippen molar-refractivity contribution in [3.63, 3.8) is 0 Å². The second-order valence-corrected chi connectivity index (χ2v) is 6.42. The molecule has 0 aromatic heterocycles. The van der Waals surface area contributed by atoms with Crippen molar-refractivity contribution in [2.75, 3.05) is 23.1 Å². The Kier molecular flexibility index (Phi) is 4.68. The summed E-state index contributed by atoms with van der Waals surface area (Å²) in [6, 6.07) is 22.1. The number of anilines is 3. The molecule has 1 aliphatic rings. The SMILES string of the molecule is COC(=O)c1ccc(C(=O)Nc2ccc3c(c2)NC(c2ccccc2)N3)cc1. The molecule has 28 heavy (non-hydrogen) atoms. The lowest BCUT2D eigenvalue weighted by Gasteiger charge is -2.12. The minimum absolute atomic E-state index is 0.00647. The number of rotatable bonds is 4. The molecule has 3 aromatic rings. The molecule has 1 unspecified atom stereocenters. The number of amides is 1. The first-order chi connectivity index (χ1) is 13.6. The van der Waals surface area contributed by atoms with Crippen LogP contribution in [0.3, 0.4) is 0 Å². The summed E-state index contributed by atoms with van der Waals surface area (Å²) in [6.45, 7) is 0. The Morgan fingerprint density at radius 1 is 0.857 bits per heavy atom. The molecule has 1 heterocycles. The highest BCUT2D eigenvalue weighted by molar-refractivity contribution is 6.05. The van der Waals surface area contributed by atoms with Crippen LogP contribution in [0.5, 0.6) is 0 Å². The third-order valence-electron chi connectivity index (χ3n) is 4.58. The molecule has 1 aliphatic heterocycles. The topological polar surface area (TPSA) is 79.5 Å². The summed E-state index contributed by atoms with van der Waals surface area (Å²) in [5.41, 5.74) is 4.58. The minimum atomic E-state index is -0.433. The molecule has 0 saturated heterocycles. The quantitative estimate of drug-likeness (QED) is 0.596. The summed E-state index contributed by atoms with van der Waals surface area (Å²) in [4.78, 5) is 24.0. The maximum Gasteiger partial charge on any atom is 0.337 e. The van der Waals surface area contributed by atoms with Gasteiger partial charge in [0, 0.05) is 11.3 Å². The monoisotopic (exact) mass is 373 g/mol. The van der Waals surface area contributed by atoms with Crippen molar-refractivity contribution in [3.05, 3.63) is 89.5 Å². The van der Waals surface area contributed by atoms with Crippen LogP contribution < -0.4 is 16.0 Å². The number of benzene rings is 3. The van der Waals surface area contributed by atoms with Gasteiger partial charge in [0.1, 0.15) is 6.17 Å². The smallest absolute Gasteiger partial charge is 0.337 e. The van der Waals surface area contributed by atoms with Crippen molar-refractivity contribution >= 4 is 28.9 Å². The zero-order valence-corrected chi connectivity index (χ0v) is 15.2. The van der Waals surface area contributed by atoms with Crippen LogP contribution in [-0.2, 0) is 4.74 Å². The maximum absolute atomic E-state index is 12.5. The van der Waals surface area contributed by atoms with Crippen LogP contribution in [0, 0.1) is 0 Å². The van der Waals surface area contributed by atoms with Gasteiger partial charge >= 0.3 is 5.97 Å². The number of esters is 1. The highest BCUT2D eigenvalue weighted by Gasteiger charge is 2.21. The van der Waals surface area contributed by atoms with Gasteiger partial charge in [0.25, 0.3) is 5.91 Å². The Morgan fingerprint density at radius 2 is 1.54 bits per heavy atom. The number of ether oxygens (including phenoxy) is 1. The van der Waals surface area contributed by atoms with Gasteiger partial charge in [-0.3, -0.25) is 4.79 Å². The van der Waals surface area contributed by atoms with Crippen molar-refractivity contribution in [2.24, 2.45) is 0 Å². The average molecular weight is 373 g/mol. The molecule has 1 amide bonds. The Labute approximate surface area is 162 Å².